The van der Waals surface area contributed by atoms with Crippen LogP contribution in [0.25, 0.3) is 5.57 Å². The van der Waals surface area contributed by atoms with Crippen LogP contribution in [0.3, 0.4) is 0 Å². The monoisotopic (exact) mass is 589 g/mol. The Morgan fingerprint density at radius 3 is 2.39 bits per heavy atom. The Balaban J connectivity index is 1.43. The van der Waals surface area contributed by atoms with Gasteiger partial charge < -0.3 is 16.0 Å². The molecular weight excluding hydrogens is 561 g/mol. The Bertz CT molecular complexity index is 1520. The molecule has 4 aromatic rings. The lowest BCUT2D eigenvalue weighted by molar-refractivity contribution is 0.102. The predicted octanol–water partition coefficient (Wildman–Crippen LogP) is 6.11. The zero-order chi connectivity index (χ0) is 28.6. The zero-order valence-electron chi connectivity index (χ0n) is 22.1. The maximum Gasteiger partial charge on any atom is 0.270 e. The molecular formula is C29H29Cl2N9O. The first kappa shape index (κ1) is 28.3. The van der Waals surface area contributed by atoms with Gasteiger partial charge in [-0.25, -0.2) is 4.99 Å². The van der Waals surface area contributed by atoms with Crippen molar-refractivity contribution in [2.75, 3.05) is 22.2 Å². The highest BCUT2D eigenvalue weighted by atomic mass is 35.5. The summed E-state index contributed by atoms with van der Waals surface area (Å²) in [6.07, 6.45) is 6.99. The molecule has 1 aliphatic rings. The van der Waals surface area contributed by atoms with E-state index in [1.807, 2.05) is 17.0 Å². The maximum atomic E-state index is 12.6. The number of carbonyl (C=O) groups is 1. The summed E-state index contributed by atoms with van der Waals surface area (Å²) < 4.78 is 0. The quantitative estimate of drug-likeness (QED) is 0.144. The van der Waals surface area contributed by atoms with Crippen molar-refractivity contribution in [3.05, 3.63) is 99.5 Å². The van der Waals surface area contributed by atoms with E-state index in [0.717, 1.165) is 24.1 Å². The molecule has 12 heteroatoms. The van der Waals surface area contributed by atoms with Crippen LogP contribution in [-0.4, -0.2) is 39.2 Å². The summed E-state index contributed by atoms with van der Waals surface area (Å²) in [4.78, 5) is 19.2. The first-order chi connectivity index (χ1) is 20.0. The van der Waals surface area contributed by atoms with Crippen LogP contribution in [-0.2, 0) is 6.54 Å². The number of aromatic nitrogens is 4. The van der Waals surface area contributed by atoms with Crippen molar-refractivity contribution in [1.29, 1.82) is 0 Å². The van der Waals surface area contributed by atoms with Crippen molar-refractivity contribution < 1.29 is 4.79 Å². The molecule has 1 heterocycles. The number of guanidine groups is 1. The number of hydrogen-bond acceptors (Lipinski definition) is 6. The second-order valence-corrected chi connectivity index (χ2v) is 10.3. The van der Waals surface area contributed by atoms with Gasteiger partial charge in [0.15, 0.2) is 0 Å². The number of nitrogens with one attached hydrogen (secondary N) is 3. The molecule has 0 atom stereocenters. The molecule has 1 aromatic heterocycles. The van der Waals surface area contributed by atoms with Crippen LogP contribution < -0.4 is 21.3 Å². The molecule has 5 N–H and O–H groups in total. The minimum Gasteiger partial charge on any atom is -0.326 e. The molecule has 3 aromatic carbocycles. The minimum absolute atomic E-state index is 0.0628. The standard InChI is InChI=1S/C29H29Cl2N9O/c30-23-14-24(31)16-25(15-23)34-29(33-18-32)40(26-12-10-21(11-13-26)20-4-2-1-3-5-20)17-19-6-8-22(9-7-19)27(41)35-28-36-38-39-37-28/h4,6-16H,1-3,5,17-18,32H2,(H,33,34)(H2,35,36,37,38,39,41). The summed E-state index contributed by atoms with van der Waals surface area (Å²) in [6, 6.07) is 20.9. The molecule has 0 spiro atoms. The molecule has 0 bridgehead atoms. The van der Waals surface area contributed by atoms with Crippen molar-refractivity contribution in [2.45, 2.75) is 32.2 Å². The number of halogens is 2. The van der Waals surface area contributed by atoms with Crippen molar-refractivity contribution in [1.82, 2.24) is 20.6 Å². The van der Waals surface area contributed by atoms with E-state index < -0.39 is 0 Å². The number of aromatic amines is 1. The first-order valence-corrected chi connectivity index (χ1v) is 13.9. The van der Waals surface area contributed by atoms with E-state index in [1.165, 1.54) is 24.0 Å². The van der Waals surface area contributed by atoms with Crippen LogP contribution in [0.1, 0.15) is 47.2 Å². The lowest BCUT2D eigenvalue weighted by atomic mass is 9.93. The Labute approximate surface area is 247 Å². The number of hydrogen-bond donors (Lipinski definition) is 4. The fraction of sp³-hybridized carbons (Fsp3) is 0.207. The van der Waals surface area contributed by atoms with Crippen LogP contribution in [0.5, 0.6) is 0 Å². The van der Waals surface area contributed by atoms with Crippen LogP contribution in [0.4, 0.5) is 17.3 Å². The lowest BCUT2D eigenvalue weighted by Crippen LogP contribution is -2.37. The van der Waals surface area contributed by atoms with Gasteiger partial charge >= 0.3 is 0 Å². The summed E-state index contributed by atoms with van der Waals surface area (Å²) in [5.41, 5.74) is 11.5. The van der Waals surface area contributed by atoms with E-state index in [9.17, 15) is 4.79 Å². The summed E-state index contributed by atoms with van der Waals surface area (Å²) in [5, 5.41) is 20.2. The van der Waals surface area contributed by atoms with E-state index in [4.69, 9.17) is 28.9 Å². The Hall–Kier alpha value is -4.25. The van der Waals surface area contributed by atoms with E-state index in [2.05, 4.69) is 66.6 Å². The van der Waals surface area contributed by atoms with Gasteiger partial charge in [-0.3, -0.25) is 10.1 Å². The average Bonchev–Trinajstić information content (AvgIpc) is 3.49. The molecule has 0 fully saturated rings. The minimum atomic E-state index is -0.340. The van der Waals surface area contributed by atoms with Crippen molar-refractivity contribution in [3.63, 3.8) is 0 Å². The van der Waals surface area contributed by atoms with Gasteiger partial charge in [0, 0.05) is 27.0 Å². The number of H-pyrrole nitrogens is 1. The largest absolute Gasteiger partial charge is 0.326 e. The van der Waals surface area contributed by atoms with Gasteiger partial charge in [-0.05, 0) is 90.1 Å². The molecule has 1 amide bonds. The normalized spacial score (nSPS) is 13.4. The third kappa shape index (κ3) is 7.49. The molecule has 210 valence electrons. The lowest BCUT2D eigenvalue weighted by Gasteiger charge is -2.28. The molecule has 1 aliphatic carbocycles. The van der Waals surface area contributed by atoms with Gasteiger partial charge in [0.25, 0.3) is 11.9 Å². The third-order valence-corrected chi connectivity index (χ3v) is 7.02. The summed E-state index contributed by atoms with van der Waals surface area (Å²) in [7, 11) is 0. The van der Waals surface area contributed by atoms with E-state index in [-0.39, 0.29) is 18.5 Å². The Kier molecular flexibility index (Phi) is 9.25. The number of nitrogens with two attached hydrogens (primary N) is 1. The number of rotatable bonds is 8. The molecule has 10 nitrogen and oxygen atoms in total. The first-order valence-electron chi connectivity index (χ1n) is 13.2. The highest BCUT2D eigenvalue weighted by Gasteiger charge is 2.17. The van der Waals surface area contributed by atoms with Crippen LogP contribution in [0.15, 0.2) is 77.8 Å². The SMILES string of the molecule is NC/N=C(/Nc1cc(Cl)cc(Cl)c1)N(Cc1ccc(C(=O)Nc2nn[nH]n2)cc1)c1ccc(C2=CCCCC2)cc1. The zero-order valence-corrected chi connectivity index (χ0v) is 23.7. The molecule has 0 radical (unpaired) electrons. The van der Waals surface area contributed by atoms with Gasteiger partial charge in [0.05, 0.1) is 13.2 Å². The second kappa shape index (κ2) is 13.4. The molecule has 0 saturated heterocycles. The molecule has 5 rings (SSSR count). The molecule has 0 aliphatic heterocycles. The number of allylic oxidation sites excluding steroid dienone is 2. The fourth-order valence-electron chi connectivity index (χ4n) is 4.61. The van der Waals surface area contributed by atoms with Gasteiger partial charge in [0.2, 0.25) is 5.96 Å². The predicted molar refractivity (Wildman–Crippen MR) is 164 cm³/mol. The van der Waals surface area contributed by atoms with Crippen molar-refractivity contribution in [3.8, 4) is 0 Å². The Morgan fingerprint density at radius 1 is 1.00 bits per heavy atom. The number of carbonyl (C=O) groups excluding carboxylic acids is 1. The van der Waals surface area contributed by atoms with E-state index in [1.54, 1.807) is 30.3 Å². The number of aliphatic imine (C=N–C) groups is 1. The van der Waals surface area contributed by atoms with Crippen LogP contribution in [0, 0.1) is 0 Å². The average molecular weight is 591 g/mol. The summed E-state index contributed by atoms with van der Waals surface area (Å²) in [5.74, 6) is 0.286. The summed E-state index contributed by atoms with van der Waals surface area (Å²) >= 11 is 12.5. The summed E-state index contributed by atoms with van der Waals surface area (Å²) in [6.45, 7) is 0.502. The van der Waals surface area contributed by atoms with Crippen molar-refractivity contribution >= 4 is 58.0 Å². The van der Waals surface area contributed by atoms with Gasteiger partial charge in [-0.15, -0.1) is 5.10 Å². The second-order valence-electron chi connectivity index (χ2n) is 9.44. The topological polar surface area (TPSA) is 137 Å². The highest BCUT2D eigenvalue weighted by molar-refractivity contribution is 6.35. The molecule has 41 heavy (non-hydrogen) atoms. The molecule has 0 saturated carbocycles. The smallest absolute Gasteiger partial charge is 0.270 e. The van der Waals surface area contributed by atoms with Crippen molar-refractivity contribution in [2.24, 2.45) is 10.7 Å². The Morgan fingerprint density at radius 2 is 1.76 bits per heavy atom. The third-order valence-electron chi connectivity index (χ3n) is 6.58. The van der Waals surface area contributed by atoms with Gasteiger partial charge in [0.1, 0.15) is 0 Å². The number of benzene rings is 3. The number of amides is 1. The molecule has 0 unspecified atom stereocenters. The van der Waals surface area contributed by atoms with Crippen LogP contribution in [0.2, 0.25) is 10.0 Å². The van der Waals surface area contributed by atoms with Crippen LogP contribution >= 0.6 is 23.2 Å². The van der Waals surface area contributed by atoms with E-state index >= 15 is 0 Å². The maximum absolute atomic E-state index is 12.6. The number of tetrazole rings is 1. The number of nitrogens with zero attached hydrogens (tertiary/aromatic N) is 5. The van der Waals surface area contributed by atoms with Gasteiger partial charge in [-0.2, -0.15) is 5.21 Å². The highest BCUT2D eigenvalue weighted by Crippen LogP contribution is 2.29. The number of anilines is 3. The fourth-order valence-corrected chi connectivity index (χ4v) is 5.14. The van der Waals surface area contributed by atoms with Gasteiger partial charge in [-0.1, -0.05) is 58.6 Å². The van der Waals surface area contributed by atoms with E-state index in [0.29, 0.717) is 33.8 Å².